The molecule has 8 heteroatoms. The van der Waals surface area contributed by atoms with Gasteiger partial charge >= 0.3 is 5.97 Å². The van der Waals surface area contributed by atoms with Gasteiger partial charge in [-0.2, -0.15) is 0 Å². The summed E-state index contributed by atoms with van der Waals surface area (Å²) in [4.78, 5) is 35.4. The number of carboxylic acids is 1. The molecule has 0 spiro atoms. The van der Waals surface area contributed by atoms with Crippen molar-refractivity contribution in [3.8, 4) is 0 Å². The largest absolute Gasteiger partial charge is 0.480 e. The summed E-state index contributed by atoms with van der Waals surface area (Å²) >= 11 is 0. The zero-order valence-corrected chi connectivity index (χ0v) is 13.1. The standard InChI is InChI=1S/C14H25N3O5/c1-7(2)10(16-12(19)9-5-4-6-15-9)13(20)17-11(8(3)18)14(21)22/h7-11,15,18H,4-6H2,1-3H3,(H,16,19)(H,17,20)(H,21,22). The van der Waals surface area contributed by atoms with Crippen molar-refractivity contribution >= 4 is 17.8 Å². The van der Waals surface area contributed by atoms with E-state index in [1.165, 1.54) is 6.92 Å². The average molecular weight is 315 g/mol. The van der Waals surface area contributed by atoms with Crippen LogP contribution in [0.15, 0.2) is 0 Å². The predicted octanol–water partition coefficient (Wildman–Crippen LogP) is -1.17. The van der Waals surface area contributed by atoms with Crippen molar-refractivity contribution in [3.05, 3.63) is 0 Å². The Hall–Kier alpha value is -1.67. The fraction of sp³-hybridized carbons (Fsp3) is 0.786. The molecule has 4 unspecified atom stereocenters. The van der Waals surface area contributed by atoms with E-state index in [0.29, 0.717) is 6.42 Å². The molecule has 2 amide bonds. The maximum atomic E-state index is 12.2. The molecule has 0 aliphatic carbocycles. The smallest absolute Gasteiger partial charge is 0.328 e. The molecule has 0 aromatic rings. The van der Waals surface area contributed by atoms with Gasteiger partial charge in [0.05, 0.1) is 12.1 Å². The van der Waals surface area contributed by atoms with Gasteiger partial charge in [0.2, 0.25) is 11.8 Å². The average Bonchev–Trinajstić information content (AvgIpc) is 2.94. The van der Waals surface area contributed by atoms with Crippen LogP contribution in [0.1, 0.15) is 33.6 Å². The van der Waals surface area contributed by atoms with Gasteiger partial charge in [0.1, 0.15) is 6.04 Å². The molecule has 4 atom stereocenters. The zero-order valence-electron chi connectivity index (χ0n) is 13.1. The molecule has 1 heterocycles. The fourth-order valence-corrected chi connectivity index (χ4v) is 2.33. The summed E-state index contributed by atoms with van der Waals surface area (Å²) in [5, 5.41) is 26.4. The molecule has 8 nitrogen and oxygen atoms in total. The Morgan fingerprint density at radius 3 is 2.18 bits per heavy atom. The summed E-state index contributed by atoms with van der Waals surface area (Å²) in [5.74, 6) is -2.42. The predicted molar refractivity (Wildman–Crippen MR) is 79.0 cm³/mol. The molecule has 22 heavy (non-hydrogen) atoms. The number of carbonyl (C=O) groups is 3. The van der Waals surface area contributed by atoms with Gasteiger partial charge in [-0.15, -0.1) is 0 Å². The Morgan fingerprint density at radius 1 is 1.14 bits per heavy atom. The van der Waals surface area contributed by atoms with Crippen LogP contribution in [-0.4, -0.2) is 58.8 Å². The first-order valence-corrected chi connectivity index (χ1v) is 7.49. The second-order valence-corrected chi connectivity index (χ2v) is 5.94. The second kappa shape index (κ2) is 8.09. The van der Waals surface area contributed by atoms with Crippen molar-refractivity contribution in [1.82, 2.24) is 16.0 Å². The molecule has 1 aliphatic rings. The number of aliphatic carboxylic acids is 1. The minimum absolute atomic E-state index is 0.214. The normalized spacial score (nSPS) is 22.0. The molecular weight excluding hydrogens is 290 g/mol. The highest BCUT2D eigenvalue weighted by molar-refractivity contribution is 5.92. The Kier molecular flexibility index (Phi) is 6.76. The summed E-state index contributed by atoms with van der Waals surface area (Å²) < 4.78 is 0. The van der Waals surface area contributed by atoms with Gasteiger partial charge in [0, 0.05) is 0 Å². The lowest BCUT2D eigenvalue weighted by atomic mass is 10.0. The van der Waals surface area contributed by atoms with E-state index >= 15 is 0 Å². The van der Waals surface area contributed by atoms with Gasteiger partial charge in [0.25, 0.3) is 0 Å². The van der Waals surface area contributed by atoms with Crippen LogP contribution >= 0.6 is 0 Å². The quantitative estimate of drug-likeness (QED) is 0.403. The maximum Gasteiger partial charge on any atom is 0.328 e. The minimum Gasteiger partial charge on any atom is -0.480 e. The lowest BCUT2D eigenvalue weighted by Crippen LogP contribution is -2.58. The number of hydrogen-bond donors (Lipinski definition) is 5. The number of aliphatic hydroxyl groups excluding tert-OH is 1. The summed E-state index contributed by atoms with van der Waals surface area (Å²) in [7, 11) is 0. The van der Waals surface area contributed by atoms with Crippen molar-refractivity contribution in [1.29, 1.82) is 0 Å². The third-order valence-electron chi connectivity index (χ3n) is 3.67. The molecule has 1 saturated heterocycles. The van der Waals surface area contributed by atoms with Crippen LogP contribution in [0.2, 0.25) is 0 Å². The highest BCUT2D eigenvalue weighted by Crippen LogP contribution is 2.08. The molecule has 0 radical (unpaired) electrons. The second-order valence-electron chi connectivity index (χ2n) is 5.94. The number of carbonyl (C=O) groups excluding carboxylic acids is 2. The third-order valence-corrected chi connectivity index (χ3v) is 3.67. The van der Waals surface area contributed by atoms with Crippen molar-refractivity contribution in [3.63, 3.8) is 0 Å². The van der Waals surface area contributed by atoms with E-state index in [1.807, 2.05) is 0 Å². The summed E-state index contributed by atoms with van der Waals surface area (Å²) in [6.45, 7) is 5.56. The van der Waals surface area contributed by atoms with E-state index in [-0.39, 0.29) is 17.9 Å². The number of hydrogen-bond acceptors (Lipinski definition) is 5. The molecule has 0 aromatic carbocycles. The first-order valence-electron chi connectivity index (χ1n) is 7.49. The Labute approximate surface area is 129 Å². The summed E-state index contributed by atoms with van der Waals surface area (Å²) in [6.07, 6.45) is 0.380. The van der Waals surface area contributed by atoms with Crippen molar-refractivity contribution in [2.75, 3.05) is 6.54 Å². The summed E-state index contributed by atoms with van der Waals surface area (Å²) in [5.41, 5.74) is 0. The highest BCUT2D eigenvalue weighted by Gasteiger charge is 2.32. The number of amides is 2. The van der Waals surface area contributed by atoms with E-state index in [0.717, 1.165) is 13.0 Å². The monoisotopic (exact) mass is 315 g/mol. The van der Waals surface area contributed by atoms with Gasteiger partial charge in [-0.05, 0) is 32.2 Å². The van der Waals surface area contributed by atoms with Gasteiger partial charge in [0.15, 0.2) is 6.04 Å². The van der Waals surface area contributed by atoms with Crippen molar-refractivity contribution in [2.24, 2.45) is 5.92 Å². The molecular formula is C14H25N3O5. The zero-order chi connectivity index (χ0) is 16.9. The first-order chi connectivity index (χ1) is 10.2. The lowest BCUT2D eigenvalue weighted by Gasteiger charge is -2.26. The Morgan fingerprint density at radius 2 is 1.77 bits per heavy atom. The molecule has 1 rings (SSSR count). The SMILES string of the molecule is CC(C)C(NC(=O)C1CCCN1)C(=O)NC(C(=O)O)C(C)O. The molecule has 0 aromatic heterocycles. The van der Waals surface area contributed by atoms with E-state index in [4.69, 9.17) is 5.11 Å². The van der Waals surface area contributed by atoms with Crippen LogP contribution in [0.25, 0.3) is 0 Å². The van der Waals surface area contributed by atoms with Gasteiger partial charge in [-0.25, -0.2) is 4.79 Å². The van der Waals surface area contributed by atoms with E-state index in [2.05, 4.69) is 16.0 Å². The van der Waals surface area contributed by atoms with Crippen molar-refractivity contribution in [2.45, 2.75) is 57.8 Å². The maximum absolute atomic E-state index is 12.2. The number of carboxylic acid groups (broad SMARTS) is 1. The van der Waals surface area contributed by atoms with Gasteiger partial charge in [-0.3, -0.25) is 9.59 Å². The Bertz CT molecular complexity index is 419. The summed E-state index contributed by atoms with van der Waals surface area (Å²) in [6, 6.07) is -2.58. The molecule has 126 valence electrons. The molecule has 1 aliphatic heterocycles. The molecule has 0 saturated carbocycles. The van der Waals surface area contributed by atoms with Crippen LogP contribution < -0.4 is 16.0 Å². The molecule has 5 N–H and O–H groups in total. The lowest BCUT2D eigenvalue weighted by molar-refractivity contribution is -0.145. The third kappa shape index (κ3) is 4.96. The van der Waals surface area contributed by atoms with Crippen LogP contribution in [-0.2, 0) is 14.4 Å². The van der Waals surface area contributed by atoms with Crippen LogP contribution in [0.4, 0.5) is 0 Å². The number of nitrogens with one attached hydrogen (secondary N) is 3. The van der Waals surface area contributed by atoms with Gasteiger partial charge < -0.3 is 26.2 Å². The Balaban J connectivity index is 2.70. The van der Waals surface area contributed by atoms with E-state index < -0.39 is 30.1 Å². The number of rotatable bonds is 7. The van der Waals surface area contributed by atoms with Gasteiger partial charge in [-0.1, -0.05) is 13.8 Å². The topological polar surface area (TPSA) is 128 Å². The van der Waals surface area contributed by atoms with Crippen LogP contribution in [0.5, 0.6) is 0 Å². The minimum atomic E-state index is -1.41. The van der Waals surface area contributed by atoms with E-state index in [9.17, 15) is 19.5 Å². The number of aliphatic hydroxyl groups is 1. The van der Waals surface area contributed by atoms with Crippen LogP contribution in [0.3, 0.4) is 0 Å². The van der Waals surface area contributed by atoms with E-state index in [1.54, 1.807) is 13.8 Å². The molecule has 1 fully saturated rings. The highest BCUT2D eigenvalue weighted by atomic mass is 16.4. The van der Waals surface area contributed by atoms with Crippen molar-refractivity contribution < 1.29 is 24.6 Å². The first kappa shape index (κ1) is 18.4. The fourth-order valence-electron chi connectivity index (χ4n) is 2.33. The molecule has 0 bridgehead atoms. The van der Waals surface area contributed by atoms with Crippen LogP contribution in [0, 0.1) is 5.92 Å².